The van der Waals surface area contributed by atoms with E-state index in [1.165, 1.54) is 33.3 Å². The second-order valence-electron chi connectivity index (χ2n) is 3.06. The maximum atomic E-state index is 13.7. The van der Waals surface area contributed by atoms with E-state index in [1.54, 1.807) is 0 Å². The molecule has 0 heterocycles. The molecule has 0 unspecified atom stereocenters. The molecule has 0 saturated heterocycles. The first-order chi connectivity index (χ1) is 7.61. The lowest BCUT2D eigenvalue weighted by Gasteiger charge is -2.11. The number of carbonyl (C=O) groups excluding carboxylic acids is 1. The molecule has 16 heavy (non-hydrogen) atoms. The summed E-state index contributed by atoms with van der Waals surface area (Å²) in [4.78, 5) is 11.3. The van der Waals surface area contributed by atoms with Gasteiger partial charge in [0.1, 0.15) is 5.75 Å². The van der Waals surface area contributed by atoms with Crippen molar-refractivity contribution in [2.75, 3.05) is 21.0 Å². The number of methoxy groups -OCH3 is 2. The van der Waals surface area contributed by atoms with Crippen LogP contribution in [0.15, 0.2) is 12.1 Å². The zero-order valence-corrected chi connectivity index (χ0v) is 9.37. The minimum atomic E-state index is -0.719. The van der Waals surface area contributed by atoms with Crippen LogP contribution in [0.4, 0.5) is 4.39 Å². The van der Waals surface area contributed by atoms with Crippen LogP contribution >= 0.6 is 0 Å². The van der Waals surface area contributed by atoms with Crippen molar-refractivity contribution in [2.24, 2.45) is 0 Å². The Balaban J connectivity index is 3.18. The average molecular weight is 228 g/mol. The van der Waals surface area contributed by atoms with E-state index < -0.39 is 11.6 Å². The Morgan fingerprint density at radius 2 is 1.94 bits per heavy atom. The molecule has 0 radical (unpaired) electrons. The minimum Gasteiger partial charge on any atom is -0.494 e. The van der Waals surface area contributed by atoms with E-state index in [0.29, 0.717) is 0 Å². The zero-order chi connectivity index (χ0) is 12.1. The molecule has 0 spiro atoms. The summed E-state index contributed by atoms with van der Waals surface area (Å²) in [5.41, 5.74) is -0.128. The standard InChI is InChI=1S/C11H13FO4/c1-7(13)10-8(16-6-14-2)4-5-9(15-3)11(10)12/h4-5H,6H2,1-3H3. The summed E-state index contributed by atoms with van der Waals surface area (Å²) < 4.78 is 28.3. The van der Waals surface area contributed by atoms with Crippen LogP contribution in [0.25, 0.3) is 0 Å². The van der Waals surface area contributed by atoms with Crippen molar-refractivity contribution < 1.29 is 23.4 Å². The van der Waals surface area contributed by atoms with Crippen LogP contribution < -0.4 is 9.47 Å². The lowest BCUT2D eigenvalue weighted by Crippen LogP contribution is -2.07. The summed E-state index contributed by atoms with van der Waals surface area (Å²) >= 11 is 0. The molecule has 1 rings (SSSR count). The number of benzene rings is 1. The van der Waals surface area contributed by atoms with Crippen LogP contribution in [0.2, 0.25) is 0 Å². The summed E-state index contributed by atoms with van der Waals surface area (Å²) in [6.07, 6.45) is 0. The maximum Gasteiger partial charge on any atom is 0.188 e. The van der Waals surface area contributed by atoms with Gasteiger partial charge >= 0.3 is 0 Å². The van der Waals surface area contributed by atoms with Crippen LogP contribution in [-0.2, 0) is 4.74 Å². The normalized spacial score (nSPS) is 10.0. The molecule has 4 nitrogen and oxygen atoms in total. The van der Waals surface area contributed by atoms with Crippen molar-refractivity contribution in [3.05, 3.63) is 23.5 Å². The van der Waals surface area contributed by atoms with E-state index in [2.05, 4.69) is 4.74 Å². The summed E-state index contributed by atoms with van der Waals surface area (Å²) in [7, 11) is 2.77. The number of hydrogen-bond donors (Lipinski definition) is 0. The second kappa shape index (κ2) is 5.46. The maximum absolute atomic E-state index is 13.7. The molecular formula is C11H13FO4. The van der Waals surface area contributed by atoms with E-state index in [4.69, 9.17) is 9.47 Å². The van der Waals surface area contributed by atoms with E-state index in [1.807, 2.05) is 0 Å². The molecule has 88 valence electrons. The SMILES string of the molecule is COCOc1ccc(OC)c(F)c1C(C)=O. The van der Waals surface area contributed by atoms with E-state index in [0.717, 1.165) is 0 Å². The highest BCUT2D eigenvalue weighted by Gasteiger charge is 2.18. The van der Waals surface area contributed by atoms with Crippen LogP contribution in [0.5, 0.6) is 11.5 Å². The van der Waals surface area contributed by atoms with Crippen LogP contribution in [0.1, 0.15) is 17.3 Å². The molecule has 0 aliphatic carbocycles. The Morgan fingerprint density at radius 1 is 1.31 bits per heavy atom. The molecule has 0 amide bonds. The lowest BCUT2D eigenvalue weighted by atomic mass is 10.1. The number of Topliss-reactive ketones (excluding diaryl/α,β-unsaturated/α-hetero) is 1. The third-order valence-corrected chi connectivity index (χ3v) is 1.97. The fourth-order valence-corrected chi connectivity index (χ4v) is 1.27. The van der Waals surface area contributed by atoms with Crippen molar-refractivity contribution >= 4 is 5.78 Å². The molecule has 1 aromatic carbocycles. The monoisotopic (exact) mass is 228 g/mol. The molecule has 0 aliphatic heterocycles. The predicted molar refractivity (Wildman–Crippen MR) is 55.5 cm³/mol. The van der Waals surface area contributed by atoms with Crippen molar-refractivity contribution in [3.8, 4) is 11.5 Å². The molecule has 0 aliphatic rings. The van der Waals surface area contributed by atoms with Gasteiger partial charge in [-0.2, -0.15) is 0 Å². The summed E-state index contributed by atoms with van der Waals surface area (Å²) in [6.45, 7) is 1.21. The Labute approximate surface area is 92.9 Å². The molecule has 0 fully saturated rings. The van der Waals surface area contributed by atoms with Gasteiger partial charge in [0.15, 0.2) is 24.1 Å². The van der Waals surface area contributed by atoms with Gasteiger partial charge in [0.2, 0.25) is 0 Å². The van der Waals surface area contributed by atoms with Crippen LogP contribution in [-0.4, -0.2) is 26.8 Å². The van der Waals surface area contributed by atoms with Gasteiger partial charge in [-0.05, 0) is 19.1 Å². The number of rotatable bonds is 5. The topological polar surface area (TPSA) is 44.8 Å². The first kappa shape index (κ1) is 12.4. The van der Waals surface area contributed by atoms with Gasteiger partial charge in [0, 0.05) is 7.11 Å². The highest BCUT2D eigenvalue weighted by molar-refractivity contribution is 5.97. The molecule has 1 aromatic rings. The van der Waals surface area contributed by atoms with Crippen molar-refractivity contribution in [2.45, 2.75) is 6.92 Å². The highest BCUT2D eigenvalue weighted by atomic mass is 19.1. The number of carbonyl (C=O) groups is 1. The highest BCUT2D eigenvalue weighted by Crippen LogP contribution is 2.29. The fourth-order valence-electron chi connectivity index (χ4n) is 1.27. The third kappa shape index (κ3) is 2.49. The van der Waals surface area contributed by atoms with Crippen molar-refractivity contribution in [3.63, 3.8) is 0 Å². The lowest BCUT2D eigenvalue weighted by molar-refractivity contribution is 0.0499. The average Bonchev–Trinajstić information content (AvgIpc) is 2.25. The van der Waals surface area contributed by atoms with Gasteiger partial charge in [0.25, 0.3) is 0 Å². The molecule has 0 aromatic heterocycles. The summed E-state index contributed by atoms with van der Waals surface area (Å²) in [6, 6.07) is 2.87. The van der Waals surface area contributed by atoms with Crippen molar-refractivity contribution in [1.82, 2.24) is 0 Å². The summed E-state index contributed by atoms with van der Waals surface area (Å²) in [5.74, 6) is -0.992. The smallest absolute Gasteiger partial charge is 0.188 e. The minimum absolute atomic E-state index is 0.00923. The van der Waals surface area contributed by atoms with Gasteiger partial charge in [-0.1, -0.05) is 0 Å². The molecule has 0 atom stereocenters. The number of ether oxygens (including phenoxy) is 3. The number of ketones is 1. The zero-order valence-electron chi connectivity index (χ0n) is 9.37. The quantitative estimate of drug-likeness (QED) is 0.571. The van der Waals surface area contributed by atoms with Gasteiger partial charge in [-0.3, -0.25) is 4.79 Å². The molecule has 0 saturated carbocycles. The Bertz CT molecular complexity index is 390. The first-order valence-corrected chi connectivity index (χ1v) is 4.61. The number of halogens is 1. The predicted octanol–water partition coefficient (Wildman–Crippen LogP) is 2.02. The van der Waals surface area contributed by atoms with Gasteiger partial charge in [-0.15, -0.1) is 0 Å². The van der Waals surface area contributed by atoms with E-state index in [-0.39, 0.29) is 23.9 Å². The van der Waals surface area contributed by atoms with Crippen molar-refractivity contribution in [1.29, 1.82) is 0 Å². The van der Waals surface area contributed by atoms with Gasteiger partial charge in [-0.25, -0.2) is 4.39 Å². The Kier molecular flexibility index (Phi) is 4.25. The van der Waals surface area contributed by atoms with E-state index >= 15 is 0 Å². The Morgan fingerprint density at radius 3 is 2.44 bits per heavy atom. The largest absolute Gasteiger partial charge is 0.494 e. The molecular weight excluding hydrogens is 215 g/mol. The molecule has 0 bridgehead atoms. The third-order valence-electron chi connectivity index (χ3n) is 1.97. The van der Waals surface area contributed by atoms with Crippen LogP contribution in [0.3, 0.4) is 0 Å². The molecule has 5 heteroatoms. The first-order valence-electron chi connectivity index (χ1n) is 4.61. The number of hydrogen-bond acceptors (Lipinski definition) is 4. The second-order valence-corrected chi connectivity index (χ2v) is 3.06. The fraction of sp³-hybridized carbons (Fsp3) is 0.364. The molecule has 0 N–H and O–H groups in total. The van der Waals surface area contributed by atoms with Crippen LogP contribution in [0, 0.1) is 5.82 Å². The summed E-state index contributed by atoms with van der Waals surface area (Å²) in [5, 5.41) is 0. The van der Waals surface area contributed by atoms with Gasteiger partial charge in [0.05, 0.1) is 12.7 Å². The van der Waals surface area contributed by atoms with E-state index in [9.17, 15) is 9.18 Å². The Hall–Kier alpha value is -1.62. The van der Waals surface area contributed by atoms with Gasteiger partial charge < -0.3 is 14.2 Å².